The smallest absolute Gasteiger partial charge is 0.330 e. The normalized spacial score (nSPS) is 15.1. The summed E-state index contributed by atoms with van der Waals surface area (Å²) in [7, 11) is 1.55. The molecule has 4 aromatic heterocycles. The van der Waals surface area contributed by atoms with Gasteiger partial charge in [-0.15, -0.1) is 0 Å². The number of urea groups is 1. The first-order valence-corrected chi connectivity index (χ1v) is 32.7. The minimum atomic E-state index is -1.78. The zero-order valence-corrected chi connectivity index (χ0v) is 55.1. The number of hydrazine groups is 1. The predicted octanol–water partition coefficient (Wildman–Crippen LogP) is -1.75. The number of aromatic nitrogens is 6. The Bertz CT molecular complexity index is 4170. The number of aliphatic hydroxyl groups is 2. The van der Waals surface area contributed by atoms with Gasteiger partial charge in [0.25, 0.3) is 5.91 Å². The van der Waals surface area contributed by atoms with E-state index in [9.17, 15) is 43.8 Å². The van der Waals surface area contributed by atoms with Gasteiger partial charge < -0.3 is 94.4 Å². The number of amides is 11. The molecule has 9 rings (SSSR count). The summed E-state index contributed by atoms with van der Waals surface area (Å²) in [6, 6.07) is 17.4. The molecule has 1 saturated heterocycles. The molecule has 0 saturated carbocycles. The lowest BCUT2D eigenvalue weighted by Crippen LogP contribution is -2.61. The number of aromatic amines is 4. The number of primary amides is 1. The lowest BCUT2D eigenvalue weighted by molar-refractivity contribution is -0.142. The van der Waals surface area contributed by atoms with Gasteiger partial charge >= 0.3 is 6.03 Å². The van der Waals surface area contributed by atoms with Gasteiger partial charge in [-0.25, -0.2) is 20.2 Å². The van der Waals surface area contributed by atoms with Gasteiger partial charge in [0, 0.05) is 103 Å². The van der Waals surface area contributed by atoms with Crippen molar-refractivity contribution in [2.24, 2.45) is 11.5 Å². The number of nitrogens with zero attached hydrogens (tertiary/aromatic N) is 3. The molecule has 11 amide bonds. The Labute approximate surface area is 578 Å². The highest BCUT2D eigenvalue weighted by Crippen LogP contribution is 2.26. The van der Waals surface area contributed by atoms with Crippen LogP contribution in [0.15, 0.2) is 141 Å². The maximum Gasteiger partial charge on any atom is 0.330 e. The number of carbonyl (C=O) groups is 10. The van der Waals surface area contributed by atoms with E-state index in [0.717, 1.165) is 5.52 Å². The van der Waals surface area contributed by atoms with E-state index in [1.165, 1.54) is 29.9 Å². The summed E-state index contributed by atoms with van der Waals surface area (Å²) in [4.78, 5) is 163. The largest absolute Gasteiger partial charge is 0.394 e. The van der Waals surface area contributed by atoms with Gasteiger partial charge in [-0.05, 0) is 72.7 Å². The number of aliphatic hydroxyl groups excluding tert-OH is 2. The molecule has 9 unspecified atom stereocenters. The van der Waals surface area contributed by atoms with Crippen LogP contribution in [0, 0.1) is 5.41 Å². The molecule has 1 aliphatic rings. The fourth-order valence-corrected chi connectivity index (χ4v) is 12.0. The summed E-state index contributed by atoms with van der Waals surface area (Å²) in [5.41, 5.74) is 20.2. The molecule has 0 aliphatic carbocycles. The third-order valence-electron chi connectivity index (χ3n) is 17.1. The second-order valence-corrected chi connectivity index (χ2v) is 24.3. The van der Waals surface area contributed by atoms with Gasteiger partial charge in [-0.1, -0.05) is 91.0 Å². The fraction of sp³-hybridized carbons (Fsp3) is 0.338. The highest BCUT2D eigenvalue weighted by atomic mass is 16.3. The second kappa shape index (κ2) is 35.5. The van der Waals surface area contributed by atoms with E-state index in [1.54, 1.807) is 104 Å². The molecular formula is C68H83N21O12. The van der Waals surface area contributed by atoms with Crippen LogP contribution in [0.1, 0.15) is 71.0 Å². The van der Waals surface area contributed by atoms with Crippen molar-refractivity contribution >= 4 is 87.0 Å². The number of guanidine groups is 1. The van der Waals surface area contributed by atoms with Crippen molar-refractivity contribution in [2.45, 2.75) is 112 Å². The summed E-state index contributed by atoms with van der Waals surface area (Å²) >= 11 is 0. The summed E-state index contributed by atoms with van der Waals surface area (Å²) < 4.78 is 0. The van der Waals surface area contributed by atoms with E-state index in [0.29, 0.717) is 61.9 Å². The zero-order valence-electron chi connectivity index (χ0n) is 55.1. The summed E-state index contributed by atoms with van der Waals surface area (Å²) in [5, 5.41) is 55.6. The maximum absolute atomic E-state index is 15.3. The lowest BCUT2D eigenvalue weighted by Gasteiger charge is -2.30. The molecule has 0 radical (unpaired) electrons. The average molecular weight is 1390 g/mol. The van der Waals surface area contributed by atoms with Crippen LogP contribution < -0.4 is 70.2 Å². The lowest BCUT2D eigenvalue weighted by atomic mass is 9.97. The Morgan fingerprint density at radius 3 is 1.58 bits per heavy atom. The molecule has 0 spiro atoms. The molecule has 0 bridgehead atoms. The zero-order chi connectivity index (χ0) is 72.0. The third kappa shape index (κ3) is 20.3. The van der Waals surface area contributed by atoms with Crippen molar-refractivity contribution in [3.8, 4) is 0 Å². The van der Waals surface area contributed by atoms with Gasteiger partial charge in [0.2, 0.25) is 47.3 Å². The van der Waals surface area contributed by atoms with Crippen LogP contribution in [0.5, 0.6) is 0 Å². The second-order valence-electron chi connectivity index (χ2n) is 24.3. The van der Waals surface area contributed by atoms with Crippen molar-refractivity contribution < 1.29 is 58.2 Å². The van der Waals surface area contributed by atoms with Crippen molar-refractivity contribution in [1.82, 2.24) is 93.5 Å². The predicted molar refractivity (Wildman–Crippen MR) is 369 cm³/mol. The summed E-state index contributed by atoms with van der Waals surface area (Å²) in [6.07, 6.45) is 7.46. The van der Waals surface area contributed by atoms with Crippen LogP contribution >= 0.6 is 0 Å². The van der Waals surface area contributed by atoms with E-state index in [4.69, 9.17) is 16.9 Å². The standard InChI is InChI=1S/C68H83N21O12/c1-72-34-57(91)80-52(28-43-32-73-36-78-43)62(96)83-51(27-42-31-77-48-16-8-6-14-46(42)48)61(95)86-55(35-90)64(98)84-53(29-44-33-74-37-79-44)63(97)81-49(17-9-23-75-67(69)70)59(93)82-50(26-41-30-76-47-15-7-5-13-45(41)47)60(94)85-54(66(100)89-24-10-18-56(89)65(99)87-88-68(71)101)25-38-19-21-40(22-20-38)58(92)39-11-3-2-4-12-39/h2-8,11-16,19-22,30-33,36-37,49-56,58,72,76-77,90,92H,9-10,17-18,23-29,34-35H2,1H3,(H,73,78)(H,74,79)(H,80,91)(H,81,97)(H,82,93)(H,83,96)(H,84,98)(H,85,94)(H,86,95)(H,87,99)(H4,69,70,75)(H3,71,88,101). The monoisotopic (exact) mass is 1390 g/mol. The molecule has 9 atom stereocenters. The Morgan fingerprint density at radius 1 is 0.574 bits per heavy atom. The van der Waals surface area contributed by atoms with E-state index in [-0.39, 0.29) is 77.0 Å². The van der Waals surface area contributed by atoms with Crippen molar-refractivity contribution in [1.29, 1.82) is 5.41 Å². The Balaban J connectivity index is 0.981. The minimum Gasteiger partial charge on any atom is -0.394 e. The Morgan fingerprint density at radius 2 is 1.06 bits per heavy atom. The van der Waals surface area contributed by atoms with Gasteiger partial charge in [0.1, 0.15) is 54.4 Å². The number of nitrogens with one attached hydrogen (secondary N) is 16. The van der Waals surface area contributed by atoms with Crippen LogP contribution in [0.3, 0.4) is 0 Å². The first kappa shape index (κ1) is 73.3. The number of fused-ring (bicyclic) bond motifs is 2. The van der Waals surface area contributed by atoms with Gasteiger partial charge in [-0.2, -0.15) is 0 Å². The topological polar surface area (TPSA) is 512 Å². The third-order valence-corrected chi connectivity index (χ3v) is 17.1. The van der Waals surface area contributed by atoms with Crippen LogP contribution in [0.2, 0.25) is 0 Å². The average Bonchev–Trinajstić information content (AvgIpc) is 1.77. The maximum atomic E-state index is 15.3. The number of likely N-dealkylation sites (N-methyl/N-ethyl adjacent to an activating group) is 1. The Hall–Kier alpha value is -12.0. The number of para-hydroxylation sites is 2. The fourth-order valence-electron chi connectivity index (χ4n) is 12.0. The van der Waals surface area contributed by atoms with E-state index >= 15 is 14.4 Å². The van der Waals surface area contributed by atoms with Crippen LogP contribution in [0.4, 0.5) is 4.79 Å². The van der Waals surface area contributed by atoms with Crippen LogP contribution in [-0.2, 0) is 75.3 Å². The van der Waals surface area contributed by atoms with Crippen molar-refractivity contribution in [2.75, 3.05) is 33.3 Å². The van der Waals surface area contributed by atoms with E-state index in [1.807, 2.05) is 23.6 Å². The number of benzene rings is 4. The molecular weight excluding hydrogens is 1300 g/mol. The molecule has 101 heavy (non-hydrogen) atoms. The molecule has 5 heterocycles. The first-order chi connectivity index (χ1) is 48.7. The van der Waals surface area contributed by atoms with Gasteiger partial charge in [0.05, 0.1) is 25.8 Å². The summed E-state index contributed by atoms with van der Waals surface area (Å²) in [6.45, 7) is -1.06. The highest BCUT2D eigenvalue weighted by molar-refractivity contribution is 5.99. The van der Waals surface area contributed by atoms with Gasteiger partial charge in [-0.3, -0.25) is 54.0 Å². The number of carbonyl (C=O) groups excluding carboxylic acids is 10. The Kier molecular flexibility index (Phi) is 25.8. The highest BCUT2D eigenvalue weighted by Gasteiger charge is 2.40. The number of rotatable bonds is 34. The molecule has 1 fully saturated rings. The number of likely N-dealkylation sites (tertiary alicyclic amines) is 1. The summed E-state index contributed by atoms with van der Waals surface area (Å²) in [5.74, 6) is -7.90. The minimum absolute atomic E-state index is 0.0299. The molecule has 8 aromatic rings. The van der Waals surface area contributed by atoms with Gasteiger partial charge in [0.15, 0.2) is 5.96 Å². The number of hydrogen-bond donors (Lipinski definition) is 20. The van der Waals surface area contributed by atoms with E-state index in [2.05, 4.69) is 83.2 Å². The quantitative estimate of drug-likeness (QED) is 0.00920. The SMILES string of the molecule is CNCC(=O)NC(Cc1cnc[nH]1)C(=O)NC(Cc1c[nH]c2ccccc12)C(=O)NC(CO)C(=O)NC(Cc1cnc[nH]1)C(=O)NC(CCCNC(=N)N)C(=O)NC(Cc1c[nH]c2ccccc12)C(=O)NC(Cc1ccc(C(O)c2ccccc2)cc1)C(=O)N1CCCC1C(=O)NNC(N)=O. The van der Waals surface area contributed by atoms with Crippen LogP contribution in [-0.4, -0.2) is 192 Å². The molecule has 1 aliphatic heterocycles. The number of nitrogens with two attached hydrogens (primary N) is 2. The molecule has 33 nitrogen and oxygen atoms in total. The van der Waals surface area contributed by atoms with Crippen molar-refractivity contribution in [3.05, 3.63) is 180 Å². The number of H-pyrrole nitrogens is 4. The molecule has 33 heteroatoms. The van der Waals surface area contributed by atoms with Crippen molar-refractivity contribution in [3.63, 3.8) is 0 Å². The van der Waals surface area contributed by atoms with E-state index < -0.39 is 120 Å². The first-order valence-electron chi connectivity index (χ1n) is 32.7. The molecule has 22 N–H and O–H groups in total. The number of hydrogen-bond acceptors (Lipinski definition) is 16. The molecule has 532 valence electrons. The number of imidazole rings is 2. The van der Waals surface area contributed by atoms with Crippen LogP contribution in [0.25, 0.3) is 21.8 Å². The molecule has 4 aromatic carbocycles.